The molecule has 1 fully saturated rings. The zero-order valence-corrected chi connectivity index (χ0v) is 12.9. The summed E-state index contributed by atoms with van der Waals surface area (Å²) in [5, 5.41) is 6.77. The number of carbonyl (C=O) groups excluding carboxylic acids is 1. The molecule has 1 unspecified atom stereocenters. The molecule has 0 aromatic heterocycles. The minimum absolute atomic E-state index is 0. The van der Waals surface area contributed by atoms with Crippen molar-refractivity contribution < 1.29 is 4.79 Å². The van der Waals surface area contributed by atoms with E-state index in [2.05, 4.69) is 26.6 Å². The Hall–Kier alpha value is -0.290. The number of hydrogen-bond acceptors (Lipinski definition) is 2. The lowest BCUT2D eigenvalue weighted by Gasteiger charge is -2.10. The SMILES string of the molecule is Cl.O=C(NCc1ccc(Br)cc1Cl)C1CCNC1. The van der Waals surface area contributed by atoms with Crippen molar-refractivity contribution in [3.05, 3.63) is 33.3 Å². The summed E-state index contributed by atoms with van der Waals surface area (Å²) < 4.78 is 0.942. The Kier molecular flexibility index (Phi) is 6.43. The van der Waals surface area contributed by atoms with E-state index in [0.717, 1.165) is 29.5 Å². The standard InChI is InChI=1S/C12H14BrClN2O.ClH/c13-10-2-1-8(11(14)5-10)7-16-12(17)9-3-4-15-6-9;/h1-2,5,9,15H,3-4,6-7H2,(H,16,17);1H. The minimum Gasteiger partial charge on any atom is -0.352 e. The molecule has 6 heteroatoms. The Bertz CT molecular complexity index is 423. The molecular weight excluding hydrogens is 339 g/mol. The van der Waals surface area contributed by atoms with Crippen LogP contribution in [0.5, 0.6) is 0 Å². The monoisotopic (exact) mass is 352 g/mol. The summed E-state index contributed by atoms with van der Waals surface area (Å²) >= 11 is 9.43. The molecule has 1 atom stereocenters. The third-order valence-electron chi connectivity index (χ3n) is 2.90. The molecule has 0 spiro atoms. The van der Waals surface area contributed by atoms with E-state index in [1.165, 1.54) is 0 Å². The molecule has 1 aliphatic heterocycles. The molecule has 1 aliphatic rings. The van der Waals surface area contributed by atoms with E-state index in [0.29, 0.717) is 11.6 Å². The van der Waals surface area contributed by atoms with Crippen molar-refractivity contribution in [1.82, 2.24) is 10.6 Å². The zero-order valence-electron chi connectivity index (χ0n) is 9.71. The first kappa shape index (κ1) is 15.8. The van der Waals surface area contributed by atoms with Crippen molar-refractivity contribution in [3.63, 3.8) is 0 Å². The minimum atomic E-state index is 0. The highest BCUT2D eigenvalue weighted by molar-refractivity contribution is 9.10. The largest absolute Gasteiger partial charge is 0.352 e. The van der Waals surface area contributed by atoms with Crippen molar-refractivity contribution in [2.45, 2.75) is 13.0 Å². The highest BCUT2D eigenvalue weighted by Gasteiger charge is 2.21. The van der Waals surface area contributed by atoms with Gasteiger partial charge in [0.15, 0.2) is 0 Å². The average Bonchev–Trinajstić information content (AvgIpc) is 2.81. The Morgan fingerprint density at radius 1 is 1.56 bits per heavy atom. The summed E-state index contributed by atoms with van der Waals surface area (Å²) in [7, 11) is 0. The Balaban J connectivity index is 0.00000162. The van der Waals surface area contributed by atoms with Crippen LogP contribution >= 0.6 is 39.9 Å². The first-order valence-electron chi connectivity index (χ1n) is 5.59. The predicted molar refractivity (Wildman–Crippen MR) is 79.2 cm³/mol. The van der Waals surface area contributed by atoms with Gasteiger partial charge in [-0.2, -0.15) is 0 Å². The van der Waals surface area contributed by atoms with Crippen LogP contribution in [0.4, 0.5) is 0 Å². The molecule has 1 amide bonds. The molecule has 1 saturated heterocycles. The molecule has 0 bridgehead atoms. The van der Waals surface area contributed by atoms with E-state index < -0.39 is 0 Å². The third kappa shape index (κ3) is 4.12. The van der Waals surface area contributed by atoms with E-state index in [1.54, 1.807) is 0 Å². The quantitative estimate of drug-likeness (QED) is 0.877. The van der Waals surface area contributed by atoms with Crippen molar-refractivity contribution in [1.29, 1.82) is 0 Å². The van der Waals surface area contributed by atoms with Gasteiger partial charge in [-0.05, 0) is 30.7 Å². The van der Waals surface area contributed by atoms with Gasteiger partial charge in [0.2, 0.25) is 5.91 Å². The summed E-state index contributed by atoms with van der Waals surface area (Å²) in [6.07, 6.45) is 0.917. The van der Waals surface area contributed by atoms with Gasteiger partial charge in [0.1, 0.15) is 0 Å². The van der Waals surface area contributed by atoms with Crippen molar-refractivity contribution in [3.8, 4) is 0 Å². The maximum atomic E-state index is 11.8. The van der Waals surface area contributed by atoms with Gasteiger partial charge in [-0.25, -0.2) is 0 Å². The van der Waals surface area contributed by atoms with Crippen molar-refractivity contribution in [2.24, 2.45) is 5.92 Å². The van der Waals surface area contributed by atoms with Crippen molar-refractivity contribution in [2.75, 3.05) is 13.1 Å². The van der Waals surface area contributed by atoms with Crippen LogP contribution in [0.2, 0.25) is 5.02 Å². The molecule has 100 valence electrons. The van der Waals surface area contributed by atoms with Gasteiger partial charge >= 0.3 is 0 Å². The van der Waals surface area contributed by atoms with Crippen LogP contribution in [0.1, 0.15) is 12.0 Å². The van der Waals surface area contributed by atoms with Crippen LogP contribution < -0.4 is 10.6 Å². The van der Waals surface area contributed by atoms with Gasteiger partial charge in [0.05, 0.1) is 5.92 Å². The summed E-state index contributed by atoms with van der Waals surface area (Å²) in [4.78, 5) is 11.8. The fourth-order valence-electron chi connectivity index (χ4n) is 1.87. The van der Waals surface area contributed by atoms with Gasteiger partial charge in [-0.15, -0.1) is 12.4 Å². The normalized spacial score (nSPS) is 18.2. The number of amides is 1. The molecule has 0 saturated carbocycles. The lowest BCUT2D eigenvalue weighted by Crippen LogP contribution is -2.31. The second-order valence-corrected chi connectivity index (χ2v) is 5.47. The van der Waals surface area contributed by atoms with E-state index in [4.69, 9.17) is 11.6 Å². The molecule has 0 aliphatic carbocycles. The van der Waals surface area contributed by atoms with Gasteiger partial charge in [0.25, 0.3) is 0 Å². The van der Waals surface area contributed by atoms with Crippen LogP contribution in [0.15, 0.2) is 22.7 Å². The Morgan fingerprint density at radius 2 is 2.33 bits per heavy atom. The van der Waals surface area contributed by atoms with E-state index in [1.807, 2.05) is 18.2 Å². The predicted octanol–water partition coefficient (Wildman–Crippen LogP) is 2.75. The molecule has 18 heavy (non-hydrogen) atoms. The summed E-state index contributed by atoms with van der Waals surface area (Å²) in [6.45, 7) is 2.19. The molecule has 0 radical (unpaired) electrons. The summed E-state index contributed by atoms with van der Waals surface area (Å²) in [6, 6.07) is 5.67. The fraction of sp³-hybridized carbons (Fsp3) is 0.417. The average molecular weight is 354 g/mol. The molecule has 2 N–H and O–H groups in total. The Labute approximate surface area is 126 Å². The maximum absolute atomic E-state index is 11.8. The molecule has 3 nitrogen and oxygen atoms in total. The maximum Gasteiger partial charge on any atom is 0.224 e. The van der Waals surface area contributed by atoms with Crippen LogP contribution in [-0.4, -0.2) is 19.0 Å². The van der Waals surface area contributed by atoms with Crippen LogP contribution in [0.3, 0.4) is 0 Å². The van der Waals surface area contributed by atoms with Crippen molar-refractivity contribution >= 4 is 45.8 Å². The smallest absolute Gasteiger partial charge is 0.224 e. The number of benzene rings is 1. The first-order chi connectivity index (χ1) is 8.16. The lowest BCUT2D eigenvalue weighted by molar-refractivity contribution is -0.124. The Morgan fingerprint density at radius 3 is 2.94 bits per heavy atom. The number of nitrogens with one attached hydrogen (secondary N) is 2. The third-order valence-corrected chi connectivity index (χ3v) is 3.74. The fourth-order valence-corrected chi connectivity index (χ4v) is 2.61. The number of carbonyl (C=O) groups is 1. The highest BCUT2D eigenvalue weighted by Crippen LogP contribution is 2.21. The van der Waals surface area contributed by atoms with Crippen LogP contribution in [0, 0.1) is 5.92 Å². The molecule has 1 aromatic rings. The second-order valence-electron chi connectivity index (χ2n) is 4.14. The highest BCUT2D eigenvalue weighted by atomic mass is 79.9. The molecule has 1 heterocycles. The topological polar surface area (TPSA) is 41.1 Å². The zero-order chi connectivity index (χ0) is 12.3. The first-order valence-corrected chi connectivity index (χ1v) is 6.76. The number of rotatable bonds is 3. The van der Waals surface area contributed by atoms with Gasteiger partial charge < -0.3 is 10.6 Å². The van der Waals surface area contributed by atoms with Crippen LogP contribution in [0.25, 0.3) is 0 Å². The second kappa shape index (κ2) is 7.34. The van der Waals surface area contributed by atoms with Crippen LogP contribution in [-0.2, 0) is 11.3 Å². The molecular formula is C12H15BrCl2N2O. The van der Waals surface area contributed by atoms with Gasteiger partial charge in [-0.1, -0.05) is 33.6 Å². The van der Waals surface area contributed by atoms with Gasteiger partial charge in [-0.3, -0.25) is 4.79 Å². The van der Waals surface area contributed by atoms with E-state index in [9.17, 15) is 4.79 Å². The molecule has 2 rings (SSSR count). The van der Waals surface area contributed by atoms with E-state index in [-0.39, 0.29) is 24.2 Å². The molecule has 1 aromatic carbocycles. The lowest BCUT2D eigenvalue weighted by atomic mass is 10.1. The van der Waals surface area contributed by atoms with E-state index >= 15 is 0 Å². The van der Waals surface area contributed by atoms with Gasteiger partial charge in [0, 0.05) is 22.6 Å². The number of hydrogen-bond donors (Lipinski definition) is 2. The number of halogens is 3. The summed E-state index contributed by atoms with van der Waals surface area (Å²) in [5.74, 6) is 0.207. The summed E-state index contributed by atoms with van der Waals surface area (Å²) in [5.41, 5.74) is 0.939.